The van der Waals surface area contributed by atoms with Crippen molar-refractivity contribution in [3.05, 3.63) is 12.0 Å². The highest BCUT2D eigenvalue weighted by atomic mass is 19.1. The van der Waals surface area contributed by atoms with Gasteiger partial charge in [0.05, 0.1) is 13.2 Å². The number of anilines is 1. The summed E-state index contributed by atoms with van der Waals surface area (Å²) >= 11 is 0. The van der Waals surface area contributed by atoms with E-state index in [1.165, 1.54) is 7.05 Å². The van der Waals surface area contributed by atoms with Gasteiger partial charge in [0.1, 0.15) is 5.60 Å². The Bertz CT molecular complexity index is 447. The van der Waals surface area contributed by atoms with Gasteiger partial charge in [-0.25, -0.2) is 9.18 Å². The monoisotopic (exact) mass is 258 g/mol. The van der Waals surface area contributed by atoms with Crippen molar-refractivity contribution in [1.82, 2.24) is 15.0 Å². The van der Waals surface area contributed by atoms with Crippen LogP contribution in [0.4, 0.5) is 15.0 Å². The summed E-state index contributed by atoms with van der Waals surface area (Å²) < 4.78 is 17.8. The van der Waals surface area contributed by atoms with Crippen molar-refractivity contribution in [2.24, 2.45) is 0 Å². The van der Waals surface area contributed by atoms with Crippen LogP contribution in [-0.4, -0.2) is 33.8 Å². The van der Waals surface area contributed by atoms with Gasteiger partial charge in [0, 0.05) is 0 Å². The third-order valence-electron chi connectivity index (χ3n) is 1.62. The molecular formula is C10H15FN4O3. The van der Waals surface area contributed by atoms with E-state index in [1.807, 2.05) is 0 Å². The quantitative estimate of drug-likeness (QED) is 0.805. The van der Waals surface area contributed by atoms with Crippen molar-refractivity contribution >= 4 is 11.9 Å². The van der Waals surface area contributed by atoms with Crippen molar-refractivity contribution in [2.75, 3.05) is 12.8 Å². The maximum absolute atomic E-state index is 12.8. The second kappa shape index (κ2) is 5.03. The van der Waals surface area contributed by atoms with E-state index in [1.54, 1.807) is 20.8 Å². The molecule has 0 bridgehead atoms. The van der Waals surface area contributed by atoms with E-state index in [0.29, 0.717) is 0 Å². The van der Waals surface area contributed by atoms with Gasteiger partial charge >= 0.3 is 12.1 Å². The summed E-state index contributed by atoms with van der Waals surface area (Å²) in [5, 5.41) is 0.790. The molecule has 0 aliphatic heterocycles. The van der Waals surface area contributed by atoms with Crippen LogP contribution < -0.4 is 10.6 Å². The van der Waals surface area contributed by atoms with E-state index < -0.39 is 17.5 Å². The fourth-order valence-corrected chi connectivity index (χ4v) is 0.893. The van der Waals surface area contributed by atoms with Crippen molar-refractivity contribution in [3.8, 4) is 6.01 Å². The zero-order valence-electron chi connectivity index (χ0n) is 10.6. The molecule has 100 valence electrons. The third kappa shape index (κ3) is 4.04. The lowest BCUT2D eigenvalue weighted by Gasteiger charge is -2.23. The number of carbonyl (C=O) groups excluding carboxylic acids is 1. The average molecular weight is 258 g/mol. The van der Waals surface area contributed by atoms with E-state index >= 15 is 0 Å². The van der Waals surface area contributed by atoms with Crippen LogP contribution in [0.5, 0.6) is 6.01 Å². The Morgan fingerprint density at radius 2 is 2.11 bits per heavy atom. The molecule has 0 aromatic carbocycles. The Labute approximate surface area is 104 Å². The van der Waals surface area contributed by atoms with Crippen molar-refractivity contribution < 1.29 is 18.8 Å². The summed E-state index contributed by atoms with van der Waals surface area (Å²) in [6.07, 6.45) is 0.120. The van der Waals surface area contributed by atoms with Crippen molar-refractivity contribution in [1.29, 1.82) is 0 Å². The molecule has 1 rings (SSSR count). The van der Waals surface area contributed by atoms with Crippen LogP contribution in [0.25, 0.3) is 0 Å². The topological polar surface area (TPSA) is 90.6 Å². The molecule has 1 amide bonds. The summed E-state index contributed by atoms with van der Waals surface area (Å²) in [6.45, 7) is 5.14. The molecule has 18 heavy (non-hydrogen) atoms. The lowest BCUT2D eigenvalue weighted by molar-refractivity contribution is -0.0615. The first kappa shape index (κ1) is 13.9. The van der Waals surface area contributed by atoms with Crippen LogP contribution in [-0.2, 0) is 4.74 Å². The number of rotatable bonds is 2. The smallest absolute Gasteiger partial charge is 0.442 e. The van der Waals surface area contributed by atoms with Gasteiger partial charge in [-0.1, -0.05) is 0 Å². The largest absolute Gasteiger partial charge is 0.443 e. The van der Waals surface area contributed by atoms with Crippen LogP contribution in [0.15, 0.2) is 6.20 Å². The fraction of sp³-hybridized carbons (Fsp3) is 0.500. The van der Waals surface area contributed by atoms with Gasteiger partial charge in [-0.2, -0.15) is 9.97 Å². The van der Waals surface area contributed by atoms with E-state index in [-0.39, 0.29) is 11.8 Å². The predicted molar refractivity (Wildman–Crippen MR) is 61.0 cm³/mol. The Hall–Kier alpha value is -2.12. The zero-order valence-corrected chi connectivity index (χ0v) is 10.6. The highest BCUT2D eigenvalue weighted by Gasteiger charge is 2.21. The Balaban J connectivity index is 2.66. The van der Waals surface area contributed by atoms with Crippen LogP contribution in [0.3, 0.4) is 0 Å². The van der Waals surface area contributed by atoms with Gasteiger partial charge < -0.3 is 15.3 Å². The number of hydrogen-bond acceptors (Lipinski definition) is 6. The molecule has 0 unspecified atom stereocenters. The molecule has 0 fully saturated rings. The summed E-state index contributed by atoms with van der Waals surface area (Å²) in [4.78, 5) is 23.5. The van der Waals surface area contributed by atoms with Crippen LogP contribution in [0, 0.1) is 5.82 Å². The number of nitrogen functional groups attached to an aromatic ring is 1. The summed E-state index contributed by atoms with van der Waals surface area (Å²) in [7, 11) is 1.32. The zero-order chi connectivity index (χ0) is 13.9. The minimum absolute atomic E-state index is 0.248. The van der Waals surface area contributed by atoms with Gasteiger partial charge in [0.25, 0.3) is 0 Å². The number of halogens is 1. The minimum atomic E-state index is -0.762. The summed E-state index contributed by atoms with van der Waals surface area (Å²) in [5.74, 6) is -1.13. The Kier molecular flexibility index (Phi) is 3.89. The predicted octanol–water partition coefficient (Wildman–Crippen LogP) is 1.36. The molecule has 1 aromatic rings. The molecule has 2 N–H and O–H groups in total. The second-order valence-corrected chi connectivity index (χ2v) is 4.45. The number of amides is 1. The molecule has 0 saturated heterocycles. The summed E-state index contributed by atoms with van der Waals surface area (Å²) in [5.41, 5.74) is 4.58. The van der Waals surface area contributed by atoms with Crippen LogP contribution >= 0.6 is 0 Å². The average Bonchev–Trinajstić information content (AvgIpc) is 2.21. The summed E-state index contributed by atoms with van der Waals surface area (Å²) in [6, 6.07) is -0.248. The van der Waals surface area contributed by atoms with Crippen molar-refractivity contribution in [3.63, 3.8) is 0 Å². The normalized spacial score (nSPS) is 10.9. The van der Waals surface area contributed by atoms with Gasteiger partial charge in [0.15, 0.2) is 11.6 Å². The third-order valence-corrected chi connectivity index (χ3v) is 1.62. The molecule has 0 aliphatic carbocycles. The highest BCUT2D eigenvalue weighted by molar-refractivity contribution is 5.66. The molecule has 1 aromatic heterocycles. The molecular weight excluding hydrogens is 243 g/mol. The Morgan fingerprint density at radius 3 is 2.61 bits per heavy atom. The lowest BCUT2D eigenvalue weighted by atomic mass is 10.2. The number of nitrogens with two attached hydrogens (primary N) is 1. The first-order valence-corrected chi connectivity index (χ1v) is 5.12. The molecule has 0 saturated carbocycles. The minimum Gasteiger partial charge on any atom is -0.442 e. The molecule has 0 spiro atoms. The Morgan fingerprint density at radius 1 is 1.50 bits per heavy atom. The number of hydroxylamine groups is 2. The van der Waals surface area contributed by atoms with Gasteiger partial charge in [-0.05, 0) is 20.8 Å². The number of nitrogens with zero attached hydrogens (tertiary/aromatic N) is 3. The van der Waals surface area contributed by atoms with E-state index in [0.717, 1.165) is 11.3 Å². The fourth-order valence-electron chi connectivity index (χ4n) is 0.893. The van der Waals surface area contributed by atoms with Crippen LogP contribution in [0.2, 0.25) is 0 Å². The first-order valence-electron chi connectivity index (χ1n) is 5.12. The maximum atomic E-state index is 12.8. The highest BCUT2D eigenvalue weighted by Crippen LogP contribution is 2.12. The van der Waals surface area contributed by atoms with E-state index in [9.17, 15) is 9.18 Å². The van der Waals surface area contributed by atoms with Gasteiger partial charge in [-0.15, -0.1) is 5.06 Å². The molecule has 0 aliphatic rings. The molecule has 1 heterocycles. The number of ether oxygens (including phenoxy) is 1. The van der Waals surface area contributed by atoms with Gasteiger partial charge in [-0.3, -0.25) is 0 Å². The van der Waals surface area contributed by atoms with Crippen molar-refractivity contribution in [2.45, 2.75) is 26.4 Å². The molecule has 8 heteroatoms. The second-order valence-electron chi connectivity index (χ2n) is 4.45. The molecule has 0 atom stereocenters. The molecule has 0 radical (unpaired) electrons. The SMILES string of the molecule is CN(Oc1ncc(F)c(N)n1)C(=O)OC(C)(C)C. The van der Waals surface area contributed by atoms with E-state index in [2.05, 4.69) is 9.97 Å². The standard InChI is InChI=1S/C10H15FN4O3/c1-10(2,3)17-9(16)15(4)18-8-13-5-6(11)7(12)14-8/h5H,1-4H3,(H2,12,13,14). The van der Waals surface area contributed by atoms with Crippen LogP contribution in [0.1, 0.15) is 20.8 Å². The number of hydrogen-bond donors (Lipinski definition) is 1. The lowest BCUT2D eigenvalue weighted by Crippen LogP contribution is -2.36. The molecule has 7 nitrogen and oxygen atoms in total. The maximum Gasteiger partial charge on any atom is 0.443 e. The van der Waals surface area contributed by atoms with Gasteiger partial charge in [0.2, 0.25) is 0 Å². The first-order chi connectivity index (χ1) is 8.19. The number of carbonyl (C=O) groups is 1. The number of aromatic nitrogens is 2. The van der Waals surface area contributed by atoms with E-state index in [4.69, 9.17) is 15.3 Å².